The predicted octanol–water partition coefficient (Wildman–Crippen LogP) is 2.90. The van der Waals surface area contributed by atoms with Crippen molar-refractivity contribution in [2.24, 2.45) is 0 Å². The Kier molecular flexibility index (Phi) is 3.60. The van der Waals surface area contributed by atoms with Crippen molar-refractivity contribution in [1.82, 2.24) is 0 Å². The number of hydrogen-bond donors (Lipinski definition) is 0. The largest absolute Gasteiger partial charge is 0.454 e. The van der Waals surface area contributed by atoms with Gasteiger partial charge in [0.05, 0.1) is 6.10 Å². The second kappa shape index (κ2) is 3.73. The zero-order valence-corrected chi connectivity index (χ0v) is 6.83. The van der Waals surface area contributed by atoms with Gasteiger partial charge in [0.15, 0.2) is 0 Å². The van der Waals surface area contributed by atoms with Gasteiger partial charge in [0, 0.05) is 0 Å². The maximum atomic E-state index is 12.6. The quantitative estimate of drug-likeness (QED) is 0.651. The summed E-state index contributed by atoms with van der Waals surface area (Å²) in [6.07, 6.45) is -11.3. The van der Waals surface area contributed by atoms with Gasteiger partial charge >= 0.3 is 18.5 Å². The van der Waals surface area contributed by atoms with E-state index in [9.17, 15) is 26.3 Å². The summed E-state index contributed by atoms with van der Waals surface area (Å²) in [6.45, 7) is 2.06. The Bertz CT molecular complexity index is 165. The van der Waals surface area contributed by atoms with E-state index in [2.05, 4.69) is 4.74 Å². The smallest absolute Gasteiger partial charge is 0.332 e. The fraction of sp³-hybridized carbons (Fsp3) is 1.00. The van der Waals surface area contributed by atoms with Crippen LogP contribution in [0, 0.1) is 0 Å². The normalized spacial score (nSPS) is 18.0. The van der Waals surface area contributed by atoms with E-state index in [4.69, 9.17) is 0 Å². The predicted molar refractivity (Wildman–Crippen MR) is 32.1 cm³/mol. The van der Waals surface area contributed by atoms with Crippen LogP contribution >= 0.6 is 0 Å². The summed E-state index contributed by atoms with van der Waals surface area (Å²) in [5.74, 6) is -4.87. The van der Waals surface area contributed by atoms with Gasteiger partial charge < -0.3 is 4.74 Å². The summed E-state index contributed by atoms with van der Waals surface area (Å²) in [5, 5.41) is 0. The van der Waals surface area contributed by atoms with Crippen molar-refractivity contribution in [3.63, 3.8) is 0 Å². The fourth-order valence-corrected chi connectivity index (χ4v) is 0.585. The molecular formula is C6H8F6O. The molecule has 80 valence electrons. The molecule has 0 saturated heterocycles. The van der Waals surface area contributed by atoms with E-state index >= 15 is 0 Å². The number of halogens is 6. The van der Waals surface area contributed by atoms with Crippen molar-refractivity contribution < 1.29 is 31.1 Å². The van der Waals surface area contributed by atoms with Crippen molar-refractivity contribution in [2.75, 3.05) is 0 Å². The third-order valence-electron chi connectivity index (χ3n) is 1.07. The lowest BCUT2D eigenvalue weighted by atomic mass is 10.3. The van der Waals surface area contributed by atoms with Crippen LogP contribution in [-0.4, -0.2) is 24.6 Å². The van der Waals surface area contributed by atoms with E-state index in [1.54, 1.807) is 0 Å². The minimum atomic E-state index is -5.73. The molecule has 0 aliphatic heterocycles. The van der Waals surface area contributed by atoms with Gasteiger partial charge in [-0.15, -0.1) is 0 Å². The molecule has 0 aromatic carbocycles. The molecule has 0 spiro atoms. The molecular weight excluding hydrogens is 202 g/mol. The summed E-state index contributed by atoms with van der Waals surface area (Å²) < 4.78 is 74.7. The standard InChI is InChI=1S/C6H8F6O/c1-3(2)13-5(9,4(7)8)6(10,11)12/h3-4H,1-2H3. The highest BCUT2D eigenvalue weighted by atomic mass is 19.4. The molecule has 0 heterocycles. The Balaban J connectivity index is 4.74. The summed E-state index contributed by atoms with van der Waals surface area (Å²) in [6, 6.07) is 0. The minimum Gasteiger partial charge on any atom is -0.332 e. The molecule has 0 bridgehead atoms. The molecule has 1 nitrogen and oxygen atoms in total. The summed E-state index contributed by atoms with van der Waals surface area (Å²) in [4.78, 5) is 0. The van der Waals surface area contributed by atoms with Crippen molar-refractivity contribution in [1.29, 1.82) is 0 Å². The molecule has 1 unspecified atom stereocenters. The number of hydrogen-bond acceptors (Lipinski definition) is 1. The van der Waals surface area contributed by atoms with Gasteiger partial charge in [-0.1, -0.05) is 0 Å². The van der Waals surface area contributed by atoms with Crippen LogP contribution < -0.4 is 0 Å². The Morgan fingerprint density at radius 3 is 1.46 bits per heavy atom. The molecule has 0 aromatic rings. The topological polar surface area (TPSA) is 9.23 Å². The third kappa shape index (κ3) is 2.75. The van der Waals surface area contributed by atoms with Crippen LogP contribution in [0.3, 0.4) is 0 Å². The van der Waals surface area contributed by atoms with E-state index in [-0.39, 0.29) is 0 Å². The number of rotatable bonds is 3. The summed E-state index contributed by atoms with van der Waals surface area (Å²) >= 11 is 0. The molecule has 0 aliphatic carbocycles. The van der Waals surface area contributed by atoms with Gasteiger partial charge in [0.25, 0.3) is 0 Å². The monoisotopic (exact) mass is 210 g/mol. The first-order valence-electron chi connectivity index (χ1n) is 3.33. The molecule has 0 N–H and O–H groups in total. The van der Waals surface area contributed by atoms with E-state index in [0.29, 0.717) is 0 Å². The van der Waals surface area contributed by atoms with Crippen LogP contribution in [0.5, 0.6) is 0 Å². The first-order valence-corrected chi connectivity index (χ1v) is 3.33. The van der Waals surface area contributed by atoms with E-state index in [1.807, 2.05) is 0 Å². The molecule has 0 amide bonds. The highest BCUT2D eigenvalue weighted by Crippen LogP contribution is 2.40. The van der Waals surface area contributed by atoms with Crippen LogP contribution in [-0.2, 0) is 4.74 Å². The maximum absolute atomic E-state index is 12.6. The van der Waals surface area contributed by atoms with Crippen molar-refractivity contribution in [2.45, 2.75) is 38.4 Å². The molecule has 1 atom stereocenters. The van der Waals surface area contributed by atoms with Gasteiger partial charge in [-0.05, 0) is 13.8 Å². The Morgan fingerprint density at radius 1 is 1.00 bits per heavy atom. The molecule has 13 heavy (non-hydrogen) atoms. The zero-order valence-electron chi connectivity index (χ0n) is 6.83. The molecule has 0 aromatic heterocycles. The lowest BCUT2D eigenvalue weighted by molar-refractivity contribution is -0.377. The Morgan fingerprint density at radius 2 is 1.38 bits per heavy atom. The molecule has 0 rings (SSSR count). The van der Waals surface area contributed by atoms with Crippen molar-refractivity contribution >= 4 is 0 Å². The zero-order chi connectivity index (χ0) is 10.9. The van der Waals surface area contributed by atoms with Crippen LogP contribution in [0.2, 0.25) is 0 Å². The van der Waals surface area contributed by atoms with Gasteiger partial charge in [-0.2, -0.15) is 17.6 Å². The highest BCUT2D eigenvalue weighted by Gasteiger charge is 2.65. The van der Waals surface area contributed by atoms with Crippen LogP contribution in [0.25, 0.3) is 0 Å². The first-order chi connectivity index (χ1) is 5.61. The first kappa shape index (κ1) is 12.5. The Labute approximate surface area is 70.7 Å². The maximum Gasteiger partial charge on any atom is 0.454 e. The van der Waals surface area contributed by atoms with Gasteiger partial charge in [0.2, 0.25) is 0 Å². The van der Waals surface area contributed by atoms with Crippen LogP contribution in [0.15, 0.2) is 0 Å². The lowest BCUT2D eigenvalue weighted by Crippen LogP contribution is -2.51. The van der Waals surface area contributed by atoms with Crippen molar-refractivity contribution in [3.8, 4) is 0 Å². The van der Waals surface area contributed by atoms with E-state index in [1.165, 1.54) is 0 Å². The minimum absolute atomic E-state index is 1.03. The van der Waals surface area contributed by atoms with Gasteiger partial charge in [0.1, 0.15) is 0 Å². The fourth-order valence-electron chi connectivity index (χ4n) is 0.585. The SMILES string of the molecule is CC(C)OC(F)(C(F)F)C(F)(F)F. The second-order valence-corrected chi connectivity index (χ2v) is 2.61. The molecule has 0 aliphatic rings. The molecule has 0 radical (unpaired) electrons. The van der Waals surface area contributed by atoms with E-state index < -0.39 is 24.6 Å². The van der Waals surface area contributed by atoms with Gasteiger partial charge in [-0.25, -0.2) is 8.78 Å². The van der Waals surface area contributed by atoms with Crippen LogP contribution in [0.1, 0.15) is 13.8 Å². The molecule has 0 saturated carbocycles. The molecule has 7 heteroatoms. The van der Waals surface area contributed by atoms with Gasteiger partial charge in [-0.3, -0.25) is 0 Å². The highest BCUT2D eigenvalue weighted by molar-refractivity contribution is 4.80. The third-order valence-corrected chi connectivity index (χ3v) is 1.07. The second-order valence-electron chi connectivity index (χ2n) is 2.61. The van der Waals surface area contributed by atoms with Crippen LogP contribution in [0.4, 0.5) is 26.3 Å². The summed E-state index contributed by atoms with van der Waals surface area (Å²) in [5.41, 5.74) is 0. The number of alkyl halides is 6. The lowest BCUT2D eigenvalue weighted by Gasteiger charge is -2.28. The number of ether oxygens (including phenoxy) is 1. The Hall–Kier alpha value is -0.460. The average molecular weight is 210 g/mol. The average Bonchev–Trinajstić information content (AvgIpc) is 1.82. The van der Waals surface area contributed by atoms with E-state index in [0.717, 1.165) is 13.8 Å². The molecule has 0 fully saturated rings. The summed E-state index contributed by atoms with van der Waals surface area (Å²) in [7, 11) is 0. The van der Waals surface area contributed by atoms with Crippen molar-refractivity contribution in [3.05, 3.63) is 0 Å².